The molecule has 1 N–H and O–H groups in total. The van der Waals surface area contributed by atoms with Gasteiger partial charge in [0, 0.05) is 0 Å². The smallest absolute Gasteiger partial charge is 0.271 e. The van der Waals surface area contributed by atoms with Gasteiger partial charge in [0.05, 0.1) is 23.3 Å². The molecular weight excluding hydrogens is 286 g/mol. The Morgan fingerprint density at radius 1 is 1.04 bits per heavy atom. The van der Waals surface area contributed by atoms with Gasteiger partial charge in [0.1, 0.15) is 5.69 Å². The second-order valence-electron chi connectivity index (χ2n) is 5.86. The Hall–Kier alpha value is -2.75. The van der Waals surface area contributed by atoms with Gasteiger partial charge in [-0.25, -0.2) is 4.98 Å². The maximum Gasteiger partial charge on any atom is 0.271 e. The van der Waals surface area contributed by atoms with Gasteiger partial charge < -0.3 is 5.32 Å². The summed E-state index contributed by atoms with van der Waals surface area (Å²) in [4.78, 5) is 21.3. The molecule has 0 aliphatic heterocycles. The third kappa shape index (κ3) is 2.68. The van der Waals surface area contributed by atoms with E-state index in [1.54, 1.807) is 6.20 Å². The number of nitrogens with one attached hydrogen (secondary N) is 1. The first-order chi connectivity index (χ1) is 11.3. The first-order valence-electron chi connectivity index (χ1n) is 7.92. The highest BCUT2D eigenvalue weighted by Crippen LogP contribution is 2.29. The lowest BCUT2D eigenvalue weighted by Gasteiger charge is -2.26. The van der Waals surface area contributed by atoms with E-state index in [2.05, 4.69) is 33.5 Å². The molecule has 0 saturated heterocycles. The number of amides is 1. The van der Waals surface area contributed by atoms with Crippen molar-refractivity contribution in [3.63, 3.8) is 0 Å². The molecule has 1 aliphatic carbocycles. The number of carbonyl (C=O) groups is 1. The zero-order valence-electron chi connectivity index (χ0n) is 12.7. The summed E-state index contributed by atoms with van der Waals surface area (Å²) in [5.74, 6) is -0.162. The van der Waals surface area contributed by atoms with E-state index in [1.165, 1.54) is 11.1 Å². The number of para-hydroxylation sites is 2. The fraction of sp³-hybridized carbons (Fsp3) is 0.211. The van der Waals surface area contributed by atoms with Crippen molar-refractivity contribution in [1.29, 1.82) is 0 Å². The minimum atomic E-state index is -0.162. The normalized spacial score (nSPS) is 16.8. The van der Waals surface area contributed by atoms with E-state index in [-0.39, 0.29) is 11.9 Å². The summed E-state index contributed by atoms with van der Waals surface area (Å²) in [7, 11) is 0. The number of benzene rings is 2. The zero-order chi connectivity index (χ0) is 15.6. The van der Waals surface area contributed by atoms with Crippen LogP contribution in [0.3, 0.4) is 0 Å². The molecule has 0 radical (unpaired) electrons. The van der Waals surface area contributed by atoms with Gasteiger partial charge in [0.2, 0.25) is 0 Å². The minimum Gasteiger partial charge on any atom is -0.344 e. The Morgan fingerprint density at radius 3 is 2.74 bits per heavy atom. The zero-order valence-corrected chi connectivity index (χ0v) is 12.7. The largest absolute Gasteiger partial charge is 0.344 e. The predicted octanol–water partition coefficient (Wildman–Crippen LogP) is 3.44. The van der Waals surface area contributed by atoms with E-state index in [4.69, 9.17) is 0 Å². The highest BCUT2D eigenvalue weighted by Gasteiger charge is 2.22. The summed E-state index contributed by atoms with van der Waals surface area (Å²) in [6.07, 6.45) is 4.68. The van der Waals surface area contributed by atoms with Gasteiger partial charge in [-0.05, 0) is 42.5 Å². The Kier molecular flexibility index (Phi) is 3.50. The molecule has 0 spiro atoms. The van der Waals surface area contributed by atoms with Gasteiger partial charge in [-0.1, -0.05) is 36.4 Å². The van der Waals surface area contributed by atoms with Crippen molar-refractivity contribution in [2.24, 2.45) is 0 Å². The third-order valence-electron chi connectivity index (χ3n) is 4.36. The predicted molar refractivity (Wildman–Crippen MR) is 89.1 cm³/mol. The van der Waals surface area contributed by atoms with Crippen LogP contribution in [-0.2, 0) is 6.42 Å². The molecule has 1 heterocycles. The second-order valence-corrected chi connectivity index (χ2v) is 5.86. The van der Waals surface area contributed by atoms with Crippen LogP contribution < -0.4 is 5.32 Å². The average Bonchev–Trinajstić information content (AvgIpc) is 2.61. The van der Waals surface area contributed by atoms with Crippen molar-refractivity contribution >= 4 is 16.9 Å². The summed E-state index contributed by atoms with van der Waals surface area (Å²) in [5.41, 5.74) is 4.46. The van der Waals surface area contributed by atoms with E-state index in [1.807, 2.05) is 30.3 Å². The maximum atomic E-state index is 12.6. The number of nitrogens with zero attached hydrogens (tertiary/aromatic N) is 2. The molecule has 1 unspecified atom stereocenters. The van der Waals surface area contributed by atoms with E-state index in [0.717, 1.165) is 30.3 Å². The summed E-state index contributed by atoms with van der Waals surface area (Å²) in [6.45, 7) is 0. The van der Waals surface area contributed by atoms with Crippen LogP contribution >= 0.6 is 0 Å². The van der Waals surface area contributed by atoms with Gasteiger partial charge in [-0.2, -0.15) is 0 Å². The van der Waals surface area contributed by atoms with E-state index < -0.39 is 0 Å². The van der Waals surface area contributed by atoms with Crippen molar-refractivity contribution < 1.29 is 4.79 Å². The molecule has 4 heteroatoms. The minimum absolute atomic E-state index is 0.0562. The molecule has 0 saturated carbocycles. The van der Waals surface area contributed by atoms with Crippen LogP contribution in [0.15, 0.2) is 54.7 Å². The fourth-order valence-corrected chi connectivity index (χ4v) is 3.20. The van der Waals surface area contributed by atoms with Crippen LogP contribution in [0.4, 0.5) is 0 Å². The van der Waals surface area contributed by atoms with Crippen molar-refractivity contribution in [3.05, 3.63) is 71.5 Å². The molecule has 0 fully saturated rings. The number of carbonyl (C=O) groups excluding carboxylic acids is 1. The van der Waals surface area contributed by atoms with Crippen molar-refractivity contribution in [2.45, 2.75) is 25.3 Å². The second kappa shape index (κ2) is 5.80. The Bertz CT molecular complexity index is 875. The lowest BCUT2D eigenvalue weighted by atomic mass is 9.88. The van der Waals surface area contributed by atoms with Crippen molar-refractivity contribution in [2.75, 3.05) is 0 Å². The third-order valence-corrected chi connectivity index (χ3v) is 4.36. The molecule has 4 nitrogen and oxygen atoms in total. The number of aryl methyl sites for hydroxylation is 1. The molecule has 3 aromatic rings. The van der Waals surface area contributed by atoms with Crippen LogP contribution in [0, 0.1) is 0 Å². The van der Waals surface area contributed by atoms with Crippen LogP contribution in [-0.4, -0.2) is 15.9 Å². The van der Waals surface area contributed by atoms with Crippen LogP contribution in [0.25, 0.3) is 11.0 Å². The Morgan fingerprint density at radius 2 is 1.83 bits per heavy atom. The van der Waals surface area contributed by atoms with E-state index >= 15 is 0 Å². The lowest BCUT2D eigenvalue weighted by molar-refractivity contribution is 0.0927. The summed E-state index contributed by atoms with van der Waals surface area (Å²) in [6, 6.07) is 16.0. The van der Waals surface area contributed by atoms with Gasteiger partial charge in [0.15, 0.2) is 0 Å². The number of hydrogen-bond donors (Lipinski definition) is 1. The monoisotopic (exact) mass is 303 g/mol. The van der Waals surface area contributed by atoms with Crippen LogP contribution in [0.1, 0.15) is 40.5 Å². The standard InChI is InChI=1S/C19H17N3O/c23-19(18-12-20-16-9-3-4-10-17(16)21-18)22-15-11-5-7-13-6-1-2-8-14(13)15/h1-4,6,8-10,12,15H,5,7,11H2,(H,22,23). The van der Waals surface area contributed by atoms with Gasteiger partial charge in [0.25, 0.3) is 5.91 Å². The summed E-state index contributed by atoms with van der Waals surface area (Å²) in [5, 5.41) is 3.11. The summed E-state index contributed by atoms with van der Waals surface area (Å²) < 4.78 is 0. The fourth-order valence-electron chi connectivity index (χ4n) is 3.20. The van der Waals surface area contributed by atoms with Crippen LogP contribution in [0.5, 0.6) is 0 Å². The lowest BCUT2D eigenvalue weighted by Crippen LogP contribution is -2.31. The number of hydrogen-bond acceptors (Lipinski definition) is 3. The van der Waals surface area contributed by atoms with Gasteiger partial charge in [-0.3, -0.25) is 9.78 Å². The highest BCUT2D eigenvalue weighted by molar-refractivity contribution is 5.94. The molecule has 23 heavy (non-hydrogen) atoms. The van der Waals surface area contributed by atoms with E-state index in [9.17, 15) is 4.79 Å². The molecule has 0 bridgehead atoms. The van der Waals surface area contributed by atoms with Crippen LogP contribution in [0.2, 0.25) is 0 Å². The molecule has 1 atom stereocenters. The topological polar surface area (TPSA) is 54.9 Å². The molecular formula is C19H17N3O. The van der Waals surface area contributed by atoms with E-state index in [0.29, 0.717) is 5.69 Å². The summed E-state index contributed by atoms with van der Waals surface area (Å²) >= 11 is 0. The van der Waals surface area contributed by atoms with Crippen molar-refractivity contribution in [3.8, 4) is 0 Å². The number of rotatable bonds is 2. The van der Waals surface area contributed by atoms with Crippen molar-refractivity contribution in [1.82, 2.24) is 15.3 Å². The first kappa shape index (κ1) is 13.9. The SMILES string of the molecule is O=C(NC1CCCc2ccccc21)c1cnc2ccccc2n1. The molecule has 2 aromatic carbocycles. The molecule has 1 amide bonds. The number of aromatic nitrogens is 2. The Labute approximate surface area is 134 Å². The molecule has 4 rings (SSSR count). The molecule has 1 aromatic heterocycles. The first-order valence-corrected chi connectivity index (χ1v) is 7.92. The highest BCUT2D eigenvalue weighted by atomic mass is 16.1. The molecule has 114 valence electrons. The van der Waals surface area contributed by atoms with Gasteiger partial charge in [-0.15, -0.1) is 0 Å². The molecule has 1 aliphatic rings. The Balaban J connectivity index is 1.60. The maximum absolute atomic E-state index is 12.6. The average molecular weight is 303 g/mol. The quantitative estimate of drug-likeness (QED) is 0.789. The number of fused-ring (bicyclic) bond motifs is 2. The van der Waals surface area contributed by atoms with Gasteiger partial charge >= 0.3 is 0 Å².